The molecule has 0 radical (unpaired) electrons. The number of carbonyl (C=O) groups is 1. The number of non-ortho nitro benzene ring substituents is 1. The van der Waals surface area contributed by atoms with Crippen LogP contribution in [0.4, 0.5) is 17.1 Å². The SMILES string of the molecule is CCOc1ccc(NC(=O)[C@@H](C)N(c2cccc([N+](=O)[O-])c2)S(C)(=O)=O)cc1. The van der Waals surface area contributed by atoms with Crippen LogP contribution in [0.3, 0.4) is 0 Å². The average Bonchev–Trinajstić information content (AvgIpc) is 2.62. The van der Waals surface area contributed by atoms with Crippen molar-refractivity contribution in [3.05, 3.63) is 58.6 Å². The highest BCUT2D eigenvalue weighted by atomic mass is 32.2. The van der Waals surface area contributed by atoms with Crippen molar-refractivity contribution in [2.24, 2.45) is 0 Å². The molecule has 0 saturated carbocycles. The predicted molar refractivity (Wildman–Crippen MR) is 106 cm³/mol. The molecule has 0 aromatic heterocycles. The van der Waals surface area contributed by atoms with Gasteiger partial charge in [-0.1, -0.05) is 6.07 Å². The number of amides is 1. The Hall–Kier alpha value is -3.14. The molecule has 2 aromatic rings. The van der Waals surface area contributed by atoms with Crippen LogP contribution in [-0.4, -0.2) is 38.2 Å². The van der Waals surface area contributed by atoms with Crippen LogP contribution in [0.25, 0.3) is 0 Å². The molecule has 0 saturated heterocycles. The van der Waals surface area contributed by atoms with E-state index >= 15 is 0 Å². The number of nitro groups is 1. The van der Waals surface area contributed by atoms with Crippen LogP contribution < -0.4 is 14.4 Å². The summed E-state index contributed by atoms with van der Waals surface area (Å²) in [7, 11) is -3.88. The largest absolute Gasteiger partial charge is 0.494 e. The fourth-order valence-electron chi connectivity index (χ4n) is 2.60. The first-order valence-corrected chi connectivity index (χ1v) is 10.3. The van der Waals surface area contributed by atoms with Crippen molar-refractivity contribution in [2.75, 3.05) is 22.5 Å². The number of ether oxygens (including phenoxy) is 1. The standard InChI is InChI=1S/C18H21N3O6S/c1-4-27-17-10-8-14(9-11-17)19-18(22)13(2)20(28(3,25)26)15-6-5-7-16(12-15)21(23)24/h5-13H,4H2,1-3H3,(H,19,22)/t13-/m1/s1. The Morgan fingerprint density at radius 1 is 1.25 bits per heavy atom. The zero-order valence-electron chi connectivity index (χ0n) is 15.7. The second kappa shape index (κ2) is 8.70. The van der Waals surface area contributed by atoms with Gasteiger partial charge in [0.05, 0.1) is 23.5 Å². The zero-order valence-corrected chi connectivity index (χ0v) is 16.5. The van der Waals surface area contributed by atoms with E-state index < -0.39 is 26.9 Å². The Bertz CT molecular complexity index is 960. The van der Waals surface area contributed by atoms with Gasteiger partial charge in [0.25, 0.3) is 5.69 Å². The molecule has 2 rings (SSSR count). The van der Waals surface area contributed by atoms with Gasteiger partial charge in [-0.25, -0.2) is 8.42 Å². The molecule has 1 amide bonds. The normalized spacial score (nSPS) is 12.1. The number of rotatable bonds is 8. The molecule has 2 aromatic carbocycles. The summed E-state index contributed by atoms with van der Waals surface area (Å²) >= 11 is 0. The molecule has 0 aliphatic heterocycles. The van der Waals surface area contributed by atoms with E-state index in [0.29, 0.717) is 18.0 Å². The van der Waals surface area contributed by atoms with Crippen molar-refractivity contribution >= 4 is 33.0 Å². The zero-order chi connectivity index (χ0) is 20.9. The smallest absolute Gasteiger partial charge is 0.271 e. The highest BCUT2D eigenvalue weighted by Gasteiger charge is 2.30. The quantitative estimate of drug-likeness (QED) is 0.531. The van der Waals surface area contributed by atoms with Crippen LogP contribution in [0.15, 0.2) is 48.5 Å². The molecule has 9 nitrogen and oxygen atoms in total. The summed E-state index contributed by atoms with van der Waals surface area (Å²) in [6.45, 7) is 3.77. The van der Waals surface area contributed by atoms with Gasteiger partial charge in [0.1, 0.15) is 11.8 Å². The maximum Gasteiger partial charge on any atom is 0.271 e. The van der Waals surface area contributed by atoms with Crippen molar-refractivity contribution in [1.82, 2.24) is 0 Å². The van der Waals surface area contributed by atoms with Gasteiger partial charge in [0.2, 0.25) is 15.9 Å². The van der Waals surface area contributed by atoms with Gasteiger partial charge < -0.3 is 10.1 Å². The molecule has 0 unspecified atom stereocenters. The van der Waals surface area contributed by atoms with E-state index in [9.17, 15) is 23.3 Å². The Balaban J connectivity index is 2.27. The van der Waals surface area contributed by atoms with Crippen molar-refractivity contribution in [3.8, 4) is 5.75 Å². The summed E-state index contributed by atoms with van der Waals surface area (Å²) in [6, 6.07) is 10.6. The Labute approximate surface area is 163 Å². The van der Waals surface area contributed by atoms with E-state index in [1.54, 1.807) is 24.3 Å². The Morgan fingerprint density at radius 2 is 1.89 bits per heavy atom. The van der Waals surface area contributed by atoms with Gasteiger partial charge in [0.15, 0.2) is 0 Å². The second-order valence-corrected chi connectivity index (χ2v) is 7.82. The van der Waals surface area contributed by atoms with Crippen LogP contribution in [0, 0.1) is 10.1 Å². The number of carbonyl (C=O) groups excluding carboxylic acids is 1. The van der Waals surface area contributed by atoms with Crippen LogP contribution in [0.5, 0.6) is 5.75 Å². The minimum Gasteiger partial charge on any atom is -0.494 e. The third kappa shape index (κ3) is 5.19. The fraction of sp³-hybridized carbons (Fsp3) is 0.278. The number of sulfonamides is 1. The molecule has 0 bridgehead atoms. The first-order chi connectivity index (χ1) is 13.1. The highest BCUT2D eigenvalue weighted by molar-refractivity contribution is 7.92. The second-order valence-electron chi connectivity index (χ2n) is 5.96. The van der Waals surface area contributed by atoms with E-state index in [1.807, 2.05) is 6.92 Å². The molecule has 1 N–H and O–H groups in total. The third-order valence-corrected chi connectivity index (χ3v) is 5.06. The summed E-state index contributed by atoms with van der Waals surface area (Å²) in [6.07, 6.45) is 0.937. The van der Waals surface area contributed by atoms with Gasteiger partial charge in [-0.2, -0.15) is 0 Å². The molecule has 0 aliphatic carbocycles. The van der Waals surface area contributed by atoms with E-state index in [-0.39, 0.29) is 11.4 Å². The van der Waals surface area contributed by atoms with Gasteiger partial charge in [-0.15, -0.1) is 0 Å². The molecule has 0 aliphatic rings. The maximum atomic E-state index is 12.6. The molecule has 0 spiro atoms. The maximum absolute atomic E-state index is 12.6. The van der Waals surface area contributed by atoms with Gasteiger partial charge in [0, 0.05) is 17.8 Å². The molecule has 0 fully saturated rings. The molecule has 28 heavy (non-hydrogen) atoms. The lowest BCUT2D eigenvalue weighted by Crippen LogP contribution is -2.45. The summed E-state index contributed by atoms with van der Waals surface area (Å²) in [5, 5.41) is 13.6. The van der Waals surface area contributed by atoms with Gasteiger partial charge in [-0.3, -0.25) is 19.2 Å². The molecular weight excluding hydrogens is 386 g/mol. The molecule has 1 atom stereocenters. The van der Waals surface area contributed by atoms with Crippen molar-refractivity contribution in [2.45, 2.75) is 19.9 Å². The summed E-state index contributed by atoms with van der Waals surface area (Å²) in [5.74, 6) is 0.0593. The van der Waals surface area contributed by atoms with Crippen molar-refractivity contribution in [3.63, 3.8) is 0 Å². The number of nitrogens with one attached hydrogen (secondary N) is 1. The van der Waals surface area contributed by atoms with Crippen LogP contribution >= 0.6 is 0 Å². The van der Waals surface area contributed by atoms with E-state index in [2.05, 4.69) is 5.32 Å². The Kier molecular flexibility index (Phi) is 6.57. The number of hydrogen-bond donors (Lipinski definition) is 1. The first kappa shape index (κ1) is 21.2. The summed E-state index contributed by atoms with van der Waals surface area (Å²) in [4.78, 5) is 23.0. The van der Waals surface area contributed by atoms with Crippen molar-refractivity contribution < 1.29 is 22.9 Å². The van der Waals surface area contributed by atoms with Gasteiger partial charge >= 0.3 is 0 Å². The minimum absolute atomic E-state index is 0.0334. The summed E-state index contributed by atoms with van der Waals surface area (Å²) in [5.41, 5.74) is 0.226. The number of anilines is 2. The van der Waals surface area contributed by atoms with E-state index in [0.717, 1.165) is 16.6 Å². The first-order valence-electron chi connectivity index (χ1n) is 8.41. The number of benzene rings is 2. The molecule has 10 heteroatoms. The number of nitro benzene ring substituents is 1. The van der Waals surface area contributed by atoms with E-state index in [1.165, 1.54) is 25.1 Å². The van der Waals surface area contributed by atoms with Crippen LogP contribution in [0.1, 0.15) is 13.8 Å². The summed E-state index contributed by atoms with van der Waals surface area (Å²) < 4.78 is 30.8. The lowest BCUT2D eigenvalue weighted by Gasteiger charge is -2.28. The predicted octanol–water partition coefficient (Wildman–Crippen LogP) is 2.79. The monoisotopic (exact) mass is 407 g/mol. The van der Waals surface area contributed by atoms with Crippen LogP contribution in [-0.2, 0) is 14.8 Å². The third-order valence-electron chi connectivity index (χ3n) is 3.82. The topological polar surface area (TPSA) is 119 Å². The van der Waals surface area contributed by atoms with Crippen LogP contribution in [0.2, 0.25) is 0 Å². The van der Waals surface area contributed by atoms with E-state index in [4.69, 9.17) is 4.74 Å². The molecule has 0 heterocycles. The minimum atomic E-state index is -3.88. The van der Waals surface area contributed by atoms with Crippen molar-refractivity contribution in [1.29, 1.82) is 0 Å². The fourth-order valence-corrected chi connectivity index (χ4v) is 3.77. The lowest BCUT2D eigenvalue weighted by molar-refractivity contribution is -0.384. The molecular formula is C18H21N3O6S. The Morgan fingerprint density at radius 3 is 2.43 bits per heavy atom. The number of nitrogens with zero attached hydrogens (tertiary/aromatic N) is 2. The molecule has 150 valence electrons. The highest BCUT2D eigenvalue weighted by Crippen LogP contribution is 2.26. The average molecular weight is 407 g/mol. The lowest BCUT2D eigenvalue weighted by atomic mass is 10.2. The number of hydrogen-bond acceptors (Lipinski definition) is 6. The van der Waals surface area contributed by atoms with Gasteiger partial charge in [-0.05, 0) is 44.2 Å².